The highest BCUT2D eigenvalue weighted by Gasteiger charge is 2.39. The first-order valence-electron chi connectivity index (χ1n) is 7.33. The number of hydrogen-bond acceptors (Lipinski definition) is 6. The smallest absolute Gasteiger partial charge is 0.228 e. The van der Waals surface area contributed by atoms with Crippen LogP contribution in [0.15, 0.2) is 53.2 Å². The van der Waals surface area contributed by atoms with Crippen molar-refractivity contribution in [2.75, 3.05) is 9.80 Å². The summed E-state index contributed by atoms with van der Waals surface area (Å²) in [6, 6.07) is 14.2. The van der Waals surface area contributed by atoms with Gasteiger partial charge in [-0.2, -0.15) is 0 Å². The monoisotopic (exact) mass is 374 g/mol. The molecule has 3 N–H and O–H groups in total. The van der Waals surface area contributed by atoms with E-state index in [1.54, 1.807) is 52.3 Å². The number of nitrogens with one attached hydrogen (secondary N) is 1. The highest BCUT2D eigenvalue weighted by Crippen LogP contribution is 2.41. The van der Waals surface area contributed by atoms with E-state index in [1.807, 2.05) is 6.07 Å². The Bertz CT molecular complexity index is 959. The first-order valence-corrected chi connectivity index (χ1v) is 8.09. The second-order valence-corrected chi connectivity index (χ2v) is 6.28. The first kappa shape index (κ1) is 15.9. The molecule has 2 heterocycles. The number of halogens is 2. The quantitative estimate of drug-likeness (QED) is 0.705. The Balaban J connectivity index is 1.86. The van der Waals surface area contributed by atoms with Gasteiger partial charge < -0.3 is 5.73 Å². The third kappa shape index (κ3) is 2.62. The molecule has 1 aliphatic heterocycles. The van der Waals surface area contributed by atoms with Crippen molar-refractivity contribution in [1.29, 1.82) is 5.41 Å². The van der Waals surface area contributed by atoms with Gasteiger partial charge in [-0.3, -0.25) is 15.2 Å². The number of rotatable bonds is 2. The van der Waals surface area contributed by atoms with Crippen LogP contribution in [0.1, 0.15) is 0 Å². The molecule has 2 aromatic carbocycles. The summed E-state index contributed by atoms with van der Waals surface area (Å²) < 4.78 is 4.93. The minimum Gasteiger partial charge on any atom is -0.305 e. The summed E-state index contributed by atoms with van der Waals surface area (Å²) >= 11 is 12.2. The second-order valence-electron chi connectivity index (χ2n) is 5.41. The van der Waals surface area contributed by atoms with Crippen molar-refractivity contribution < 1.29 is 4.63 Å². The van der Waals surface area contributed by atoms with Gasteiger partial charge in [-0.1, -0.05) is 35.3 Å². The van der Waals surface area contributed by atoms with Gasteiger partial charge in [0.05, 0.1) is 5.69 Å². The fourth-order valence-corrected chi connectivity index (χ4v) is 3.13. The molecule has 0 spiro atoms. The van der Waals surface area contributed by atoms with Crippen LogP contribution in [-0.4, -0.2) is 22.3 Å². The zero-order chi connectivity index (χ0) is 17.6. The van der Waals surface area contributed by atoms with Crippen LogP contribution in [0.25, 0.3) is 0 Å². The molecule has 0 saturated heterocycles. The number of nitrogens with two attached hydrogens (primary N) is 1. The minimum absolute atomic E-state index is 0.102. The molecule has 9 heteroatoms. The molecule has 0 saturated carbocycles. The van der Waals surface area contributed by atoms with Crippen LogP contribution in [0.2, 0.25) is 10.0 Å². The maximum absolute atomic E-state index is 8.54. The summed E-state index contributed by atoms with van der Waals surface area (Å²) in [5.41, 5.74) is 7.65. The summed E-state index contributed by atoms with van der Waals surface area (Å²) in [5.74, 6) is 0.852. The minimum atomic E-state index is -0.808. The van der Waals surface area contributed by atoms with E-state index in [4.69, 9.17) is 39.0 Å². The Morgan fingerprint density at radius 2 is 1.56 bits per heavy atom. The normalized spacial score (nSPS) is 16.9. The van der Waals surface area contributed by atoms with Gasteiger partial charge in [0.1, 0.15) is 12.0 Å². The zero-order valence-corrected chi connectivity index (χ0v) is 14.2. The van der Waals surface area contributed by atoms with Crippen molar-refractivity contribution in [3.05, 3.63) is 58.6 Å². The maximum atomic E-state index is 8.54. The third-order valence-corrected chi connectivity index (χ3v) is 4.32. The van der Waals surface area contributed by atoms with E-state index in [2.05, 4.69) is 10.3 Å². The van der Waals surface area contributed by atoms with E-state index in [9.17, 15) is 0 Å². The maximum Gasteiger partial charge on any atom is 0.228 e. The van der Waals surface area contributed by atoms with Crippen LogP contribution in [0, 0.1) is 5.41 Å². The standard InChI is InChI=1S/C16H12Cl2N6O/c17-9-3-1-5-11(7-9)23-13(19)14(20)24(16-15(23)21-25-22-16)12-6-2-4-10(18)8-12/h1-8,13,20H,19H2. The number of aromatic nitrogens is 2. The summed E-state index contributed by atoms with van der Waals surface area (Å²) in [7, 11) is 0. The highest BCUT2D eigenvalue weighted by molar-refractivity contribution is 6.31. The van der Waals surface area contributed by atoms with Crippen molar-refractivity contribution in [1.82, 2.24) is 10.3 Å². The van der Waals surface area contributed by atoms with E-state index >= 15 is 0 Å². The van der Waals surface area contributed by atoms with Crippen molar-refractivity contribution in [2.45, 2.75) is 6.17 Å². The molecule has 4 rings (SSSR count). The molecular formula is C16H12Cl2N6O. The molecule has 1 atom stereocenters. The summed E-state index contributed by atoms with van der Waals surface area (Å²) in [6.07, 6.45) is -0.808. The number of anilines is 4. The number of fused-ring (bicyclic) bond motifs is 1. The van der Waals surface area contributed by atoms with Gasteiger partial charge in [0, 0.05) is 15.7 Å². The number of nitrogens with zero attached hydrogens (tertiary/aromatic N) is 4. The van der Waals surface area contributed by atoms with Crippen molar-refractivity contribution in [3.63, 3.8) is 0 Å². The van der Waals surface area contributed by atoms with E-state index in [1.165, 1.54) is 0 Å². The Hall–Kier alpha value is -2.61. The SMILES string of the molecule is N=C1C(N)N(c2cccc(Cl)c2)c2nonc2N1c1cccc(Cl)c1. The van der Waals surface area contributed by atoms with Crippen LogP contribution in [-0.2, 0) is 0 Å². The molecule has 1 aliphatic rings. The van der Waals surface area contributed by atoms with Crippen LogP contribution in [0.5, 0.6) is 0 Å². The second kappa shape index (κ2) is 6.03. The molecule has 0 bridgehead atoms. The first-order chi connectivity index (χ1) is 12.1. The van der Waals surface area contributed by atoms with E-state index < -0.39 is 6.17 Å². The lowest BCUT2D eigenvalue weighted by Gasteiger charge is -2.38. The molecule has 0 fully saturated rings. The fraction of sp³-hybridized carbons (Fsp3) is 0.0625. The van der Waals surface area contributed by atoms with Gasteiger partial charge in [-0.05, 0) is 46.7 Å². The van der Waals surface area contributed by atoms with E-state index in [-0.39, 0.29) is 5.84 Å². The Labute approximate surface area is 153 Å². The van der Waals surface area contributed by atoms with Gasteiger partial charge in [-0.25, -0.2) is 4.63 Å². The molecule has 1 aromatic heterocycles. The van der Waals surface area contributed by atoms with Gasteiger partial charge >= 0.3 is 0 Å². The lowest BCUT2D eigenvalue weighted by Crippen LogP contribution is -2.54. The van der Waals surface area contributed by atoms with E-state index in [0.717, 1.165) is 0 Å². The Morgan fingerprint density at radius 1 is 0.960 bits per heavy atom. The largest absolute Gasteiger partial charge is 0.305 e. The molecular weight excluding hydrogens is 363 g/mol. The number of hydrogen-bond donors (Lipinski definition) is 2. The van der Waals surface area contributed by atoms with Gasteiger partial charge in [0.25, 0.3) is 0 Å². The Morgan fingerprint density at radius 3 is 2.24 bits per heavy atom. The lowest BCUT2D eigenvalue weighted by atomic mass is 10.1. The molecule has 25 heavy (non-hydrogen) atoms. The van der Waals surface area contributed by atoms with Gasteiger partial charge in [-0.15, -0.1) is 0 Å². The summed E-state index contributed by atoms with van der Waals surface area (Å²) in [5, 5.41) is 17.5. The molecule has 3 aromatic rings. The number of benzene rings is 2. The third-order valence-electron chi connectivity index (χ3n) is 3.85. The average molecular weight is 375 g/mol. The van der Waals surface area contributed by atoms with E-state index in [0.29, 0.717) is 33.1 Å². The highest BCUT2D eigenvalue weighted by atomic mass is 35.5. The summed E-state index contributed by atoms with van der Waals surface area (Å²) in [6.45, 7) is 0. The summed E-state index contributed by atoms with van der Waals surface area (Å²) in [4.78, 5) is 3.21. The average Bonchev–Trinajstić information content (AvgIpc) is 3.04. The topological polar surface area (TPSA) is 95.3 Å². The Kier molecular flexibility index (Phi) is 3.84. The predicted molar refractivity (Wildman–Crippen MR) is 97.2 cm³/mol. The predicted octanol–water partition coefficient (Wildman–Crippen LogP) is 3.93. The van der Waals surface area contributed by atoms with Crippen molar-refractivity contribution in [3.8, 4) is 0 Å². The van der Waals surface area contributed by atoms with Gasteiger partial charge in [0.2, 0.25) is 11.6 Å². The molecule has 0 radical (unpaired) electrons. The van der Waals surface area contributed by atoms with Crippen LogP contribution >= 0.6 is 23.2 Å². The van der Waals surface area contributed by atoms with Gasteiger partial charge in [0.15, 0.2) is 0 Å². The zero-order valence-electron chi connectivity index (χ0n) is 12.7. The molecule has 7 nitrogen and oxygen atoms in total. The fourth-order valence-electron chi connectivity index (χ4n) is 2.76. The molecule has 0 aliphatic carbocycles. The van der Waals surface area contributed by atoms with Crippen molar-refractivity contribution in [2.24, 2.45) is 5.73 Å². The molecule has 1 unspecified atom stereocenters. The molecule has 0 amide bonds. The van der Waals surface area contributed by atoms with Crippen LogP contribution in [0.4, 0.5) is 23.0 Å². The van der Waals surface area contributed by atoms with Crippen LogP contribution < -0.4 is 15.5 Å². The van der Waals surface area contributed by atoms with Crippen LogP contribution in [0.3, 0.4) is 0 Å². The number of amidine groups is 1. The van der Waals surface area contributed by atoms with Crippen molar-refractivity contribution >= 4 is 52.0 Å². The lowest BCUT2D eigenvalue weighted by molar-refractivity contribution is 0.309. The molecule has 126 valence electrons.